The molecule has 0 aliphatic carbocycles. The van der Waals surface area contributed by atoms with Crippen molar-refractivity contribution in [3.8, 4) is 0 Å². The average molecular weight is 540 g/mol. The number of hydrogen-bond donors (Lipinski definition) is 1. The van der Waals surface area contributed by atoms with Crippen molar-refractivity contribution >= 4 is 35.5 Å². The second kappa shape index (κ2) is 14.5. The van der Waals surface area contributed by atoms with Crippen LogP contribution in [0.25, 0.3) is 0 Å². The van der Waals surface area contributed by atoms with Crippen LogP contribution in [-0.4, -0.2) is 54.6 Å². The molecule has 0 saturated carbocycles. The largest absolute Gasteiger partial charge is 0.546 e. The third-order valence-electron chi connectivity index (χ3n) is 5.33. The summed E-state index contributed by atoms with van der Waals surface area (Å²) >= 11 is 5.99. The van der Waals surface area contributed by atoms with Crippen molar-refractivity contribution in [1.29, 1.82) is 0 Å². The van der Waals surface area contributed by atoms with E-state index in [4.69, 9.17) is 25.8 Å². The third kappa shape index (κ3) is 8.43. The van der Waals surface area contributed by atoms with Crippen LogP contribution >= 0.6 is 11.6 Å². The van der Waals surface area contributed by atoms with Gasteiger partial charge in [0.05, 0.1) is 23.0 Å². The predicted molar refractivity (Wildman–Crippen MR) is 134 cm³/mol. The maximum Gasteiger partial charge on any atom is 0.352 e. The fourth-order valence-electron chi connectivity index (χ4n) is 3.41. The first kappa shape index (κ1) is 28.4. The van der Waals surface area contributed by atoms with E-state index in [2.05, 4.69) is 0 Å². The van der Waals surface area contributed by atoms with Gasteiger partial charge in [0.15, 0.2) is 12.2 Å². The Kier molecular flexibility index (Phi) is 10.8. The molecule has 198 valence electrons. The Morgan fingerprint density at radius 3 is 1.66 bits per heavy atom. The molecule has 0 unspecified atom stereocenters. The van der Waals surface area contributed by atoms with Gasteiger partial charge >= 0.3 is 17.9 Å². The number of rotatable bonds is 13. The van der Waals surface area contributed by atoms with E-state index in [-0.39, 0.29) is 23.6 Å². The van der Waals surface area contributed by atoms with Gasteiger partial charge in [-0.3, -0.25) is 0 Å². The zero-order valence-corrected chi connectivity index (χ0v) is 21.0. The lowest BCUT2D eigenvalue weighted by Crippen LogP contribution is -2.85. The van der Waals surface area contributed by atoms with Crippen LogP contribution in [0.3, 0.4) is 0 Å². The Morgan fingerprint density at radius 2 is 1.18 bits per heavy atom. The highest BCUT2D eigenvalue weighted by atomic mass is 35.5. The van der Waals surface area contributed by atoms with Crippen molar-refractivity contribution in [2.45, 2.75) is 24.9 Å². The highest BCUT2D eigenvalue weighted by molar-refractivity contribution is 6.18. The molecule has 9 nitrogen and oxygen atoms in total. The quantitative estimate of drug-likeness (QED) is 0.194. The van der Waals surface area contributed by atoms with E-state index in [0.717, 1.165) is 5.56 Å². The topological polar surface area (TPSA) is 136 Å². The molecule has 0 aliphatic heterocycles. The van der Waals surface area contributed by atoms with Crippen molar-refractivity contribution in [2.75, 3.05) is 12.4 Å². The van der Waals surface area contributed by atoms with Gasteiger partial charge in [-0.2, -0.15) is 0 Å². The van der Waals surface area contributed by atoms with Crippen LogP contribution in [0.1, 0.15) is 26.3 Å². The number of esters is 3. The summed E-state index contributed by atoms with van der Waals surface area (Å²) in [6.45, 7) is 0.817. The van der Waals surface area contributed by atoms with E-state index < -0.39 is 42.2 Å². The molecule has 3 rings (SSSR count). The molecular weight excluding hydrogens is 514 g/mol. The molecule has 0 bridgehead atoms. The van der Waals surface area contributed by atoms with Crippen LogP contribution in [0.15, 0.2) is 91.0 Å². The van der Waals surface area contributed by atoms with Crippen molar-refractivity contribution in [1.82, 2.24) is 0 Å². The molecule has 0 amide bonds. The Labute approximate surface area is 224 Å². The van der Waals surface area contributed by atoms with Crippen LogP contribution in [0, 0.1) is 0 Å². The van der Waals surface area contributed by atoms with Gasteiger partial charge in [0.25, 0.3) is 0 Å². The number of nitrogens with two attached hydrogens (primary N) is 1. The molecule has 3 aromatic carbocycles. The molecule has 0 spiro atoms. The minimum absolute atomic E-state index is 0.0226. The van der Waals surface area contributed by atoms with E-state index in [1.807, 2.05) is 35.6 Å². The molecular formula is C28H26ClNO8. The van der Waals surface area contributed by atoms with E-state index in [9.17, 15) is 24.3 Å². The van der Waals surface area contributed by atoms with Gasteiger partial charge in [-0.05, 0) is 24.3 Å². The zero-order chi connectivity index (χ0) is 27.3. The van der Waals surface area contributed by atoms with Gasteiger partial charge in [-0.25, -0.2) is 14.4 Å². The first-order valence-corrected chi connectivity index (χ1v) is 12.3. The number of carboxylic acid groups (broad SMARTS) is 1. The molecule has 0 fully saturated rings. The summed E-state index contributed by atoms with van der Waals surface area (Å²) in [6, 6.07) is 24.7. The average Bonchev–Trinajstić information content (AvgIpc) is 2.95. The Bertz CT molecular complexity index is 1210. The van der Waals surface area contributed by atoms with Crippen LogP contribution in [-0.2, 0) is 30.3 Å². The van der Waals surface area contributed by atoms with Crippen molar-refractivity contribution < 1.29 is 43.8 Å². The second-order valence-electron chi connectivity index (χ2n) is 8.13. The Balaban J connectivity index is 1.77. The van der Waals surface area contributed by atoms with Gasteiger partial charge in [0.1, 0.15) is 13.1 Å². The minimum atomic E-state index is -2.29. The number of ether oxygens (including phenoxy) is 3. The van der Waals surface area contributed by atoms with E-state index in [1.165, 1.54) is 24.3 Å². The fourth-order valence-corrected chi connectivity index (χ4v) is 3.60. The summed E-state index contributed by atoms with van der Waals surface area (Å²) in [5.41, 5.74) is 1.10. The number of carbonyl (C=O) groups is 4. The maximum absolute atomic E-state index is 13.1. The first-order valence-electron chi connectivity index (χ1n) is 11.7. The summed E-state index contributed by atoms with van der Waals surface area (Å²) in [5.74, 6) is -5.39. The van der Waals surface area contributed by atoms with Crippen LogP contribution in [0.5, 0.6) is 0 Å². The number of benzene rings is 3. The van der Waals surface area contributed by atoms with Gasteiger partial charge in [0.2, 0.25) is 6.10 Å². The highest BCUT2D eigenvalue weighted by Crippen LogP contribution is 2.15. The van der Waals surface area contributed by atoms with Gasteiger partial charge in [-0.1, -0.05) is 66.7 Å². The van der Waals surface area contributed by atoms with Crippen molar-refractivity contribution in [3.05, 3.63) is 108 Å². The molecule has 0 radical (unpaired) electrons. The molecule has 3 aromatic rings. The Morgan fingerprint density at radius 1 is 0.711 bits per heavy atom. The summed E-state index contributed by atoms with van der Waals surface area (Å²) < 4.78 is 15.7. The van der Waals surface area contributed by atoms with Crippen LogP contribution < -0.4 is 10.4 Å². The summed E-state index contributed by atoms with van der Waals surface area (Å²) in [6.07, 6.45) is -5.30. The number of halogens is 1. The molecule has 2 N–H and O–H groups in total. The van der Waals surface area contributed by atoms with Gasteiger partial charge in [-0.15, -0.1) is 11.6 Å². The lowest BCUT2D eigenvalue weighted by Gasteiger charge is -2.27. The first-order chi connectivity index (χ1) is 18.4. The number of carboxylic acids is 1. The fraction of sp³-hybridized carbons (Fsp3) is 0.214. The smallest absolute Gasteiger partial charge is 0.352 e. The molecule has 0 heterocycles. The molecule has 10 heteroatoms. The summed E-state index contributed by atoms with van der Waals surface area (Å²) in [5, 5.41) is 13.8. The maximum atomic E-state index is 13.1. The SMILES string of the molecule is O=C(O[C@H](C(=O)[O-])[C@@H](OC(=O)c1ccccc1)C(=O)O[C@H](CCl)C[NH2+]Cc1ccccc1)c1ccccc1. The van der Waals surface area contributed by atoms with Crippen molar-refractivity contribution in [3.63, 3.8) is 0 Å². The molecule has 3 atom stereocenters. The van der Waals surface area contributed by atoms with Crippen LogP contribution in [0.2, 0.25) is 0 Å². The summed E-state index contributed by atoms with van der Waals surface area (Å²) in [7, 11) is 0. The predicted octanol–water partition coefficient (Wildman–Crippen LogP) is 1.10. The molecule has 0 saturated heterocycles. The minimum Gasteiger partial charge on any atom is -0.546 e. The molecule has 38 heavy (non-hydrogen) atoms. The number of carbonyl (C=O) groups excluding carboxylic acids is 4. The number of hydrogen-bond acceptors (Lipinski definition) is 8. The Hall–Kier alpha value is -4.21. The highest BCUT2D eigenvalue weighted by Gasteiger charge is 2.39. The van der Waals surface area contributed by atoms with E-state index >= 15 is 0 Å². The summed E-state index contributed by atoms with van der Waals surface area (Å²) in [4.78, 5) is 50.4. The lowest BCUT2D eigenvalue weighted by molar-refractivity contribution is -0.675. The lowest BCUT2D eigenvalue weighted by atomic mass is 10.1. The zero-order valence-electron chi connectivity index (χ0n) is 20.2. The molecule has 0 aliphatic rings. The monoisotopic (exact) mass is 539 g/mol. The normalized spacial score (nSPS) is 13.0. The molecule has 0 aromatic heterocycles. The standard InChI is InChI=1S/C28H26ClNO8/c29-16-22(18-30-17-19-10-4-1-5-11-19)36-28(35)24(38-27(34)21-14-8-3-9-15-21)23(25(31)32)37-26(33)20-12-6-2-7-13-20/h1-15,22-24,30H,16-18H2,(H,31,32)/t22-,23+,24-/m1/s1. The number of alkyl halides is 1. The number of aliphatic carboxylic acids is 1. The van der Waals surface area contributed by atoms with Crippen LogP contribution in [0.4, 0.5) is 0 Å². The second-order valence-corrected chi connectivity index (χ2v) is 8.44. The van der Waals surface area contributed by atoms with Gasteiger partial charge in [0, 0.05) is 5.56 Å². The third-order valence-corrected chi connectivity index (χ3v) is 5.68. The van der Waals surface area contributed by atoms with Crippen molar-refractivity contribution in [2.24, 2.45) is 0 Å². The van der Waals surface area contributed by atoms with E-state index in [0.29, 0.717) is 6.54 Å². The van der Waals surface area contributed by atoms with Gasteiger partial charge < -0.3 is 29.4 Å². The van der Waals surface area contributed by atoms with E-state index in [1.54, 1.807) is 36.4 Å². The number of quaternary nitrogens is 1.